The molecule has 0 radical (unpaired) electrons. The first-order valence-corrected chi connectivity index (χ1v) is 5.62. The summed E-state index contributed by atoms with van der Waals surface area (Å²) in [6, 6.07) is 4.16. The Kier molecular flexibility index (Phi) is 5.16. The number of halogens is 2. The van der Waals surface area contributed by atoms with Gasteiger partial charge < -0.3 is 5.73 Å². The van der Waals surface area contributed by atoms with Crippen LogP contribution in [0.25, 0.3) is 0 Å². The van der Waals surface area contributed by atoms with Crippen LogP contribution < -0.4 is 10.9 Å². The highest BCUT2D eigenvalue weighted by molar-refractivity contribution is 7.88. The Labute approximate surface area is 93.9 Å². The average Bonchev–Trinajstić information content (AvgIpc) is 2.06. The Balaban J connectivity index is 0.00000196. The van der Waals surface area contributed by atoms with Crippen LogP contribution in [0.2, 0.25) is 0 Å². The monoisotopic (exact) mass is 254 g/mol. The van der Waals surface area contributed by atoms with Crippen LogP contribution >= 0.6 is 12.4 Å². The van der Waals surface area contributed by atoms with Gasteiger partial charge in [-0.3, -0.25) is 0 Å². The number of rotatable bonds is 3. The van der Waals surface area contributed by atoms with Gasteiger partial charge in [0.1, 0.15) is 5.82 Å². The normalized spacial score (nSPS) is 10.9. The number of hydrogen-bond acceptors (Lipinski definition) is 3. The van der Waals surface area contributed by atoms with E-state index >= 15 is 0 Å². The van der Waals surface area contributed by atoms with Gasteiger partial charge in [-0.25, -0.2) is 17.9 Å². The van der Waals surface area contributed by atoms with Crippen molar-refractivity contribution >= 4 is 22.4 Å². The predicted octanol–water partition coefficient (Wildman–Crippen LogP) is 0.495. The van der Waals surface area contributed by atoms with Crippen molar-refractivity contribution in [3.05, 3.63) is 35.1 Å². The minimum Gasteiger partial charge on any atom is -0.326 e. The highest BCUT2D eigenvalue weighted by Gasteiger charge is 2.09. The summed E-state index contributed by atoms with van der Waals surface area (Å²) in [5.41, 5.74) is 5.96. The van der Waals surface area contributed by atoms with Crippen molar-refractivity contribution in [3.8, 4) is 0 Å². The van der Waals surface area contributed by atoms with Gasteiger partial charge in [0.15, 0.2) is 0 Å². The topological polar surface area (TPSA) is 86.2 Å². The zero-order chi connectivity index (χ0) is 10.8. The van der Waals surface area contributed by atoms with Crippen LogP contribution in [0, 0.1) is 5.82 Å². The number of hydrogen-bond donors (Lipinski definition) is 2. The standard InChI is InChI=1S/C8H11FN2O2S.ClH/c9-8-3-6(4-10)1-2-7(8)5-14(11,12)13;/h1-3H,4-5,10H2,(H2,11,12,13);1H. The third kappa shape index (κ3) is 4.57. The Morgan fingerprint density at radius 3 is 2.33 bits per heavy atom. The minimum absolute atomic E-state index is 0. The van der Waals surface area contributed by atoms with E-state index in [1.165, 1.54) is 12.1 Å². The average molecular weight is 255 g/mol. The molecule has 0 fully saturated rings. The lowest BCUT2D eigenvalue weighted by atomic mass is 10.1. The molecule has 0 bridgehead atoms. The molecule has 0 amide bonds. The van der Waals surface area contributed by atoms with Gasteiger partial charge in [-0.15, -0.1) is 12.4 Å². The Hall–Kier alpha value is -0.690. The van der Waals surface area contributed by atoms with E-state index in [4.69, 9.17) is 10.9 Å². The summed E-state index contributed by atoms with van der Waals surface area (Å²) in [7, 11) is -3.69. The first-order chi connectivity index (χ1) is 6.42. The molecule has 0 unspecified atom stereocenters. The second-order valence-electron chi connectivity index (χ2n) is 2.94. The molecule has 86 valence electrons. The van der Waals surface area contributed by atoms with Gasteiger partial charge in [-0.1, -0.05) is 12.1 Å². The molecular formula is C8H12ClFN2O2S. The first-order valence-electron chi connectivity index (χ1n) is 3.90. The van der Waals surface area contributed by atoms with Crippen LogP contribution in [-0.2, 0) is 22.3 Å². The summed E-state index contributed by atoms with van der Waals surface area (Å²) in [6.45, 7) is 0.215. The van der Waals surface area contributed by atoms with E-state index in [-0.39, 0.29) is 24.5 Å². The lowest BCUT2D eigenvalue weighted by molar-refractivity contribution is 0.588. The van der Waals surface area contributed by atoms with Crippen molar-refractivity contribution in [2.24, 2.45) is 10.9 Å². The van der Waals surface area contributed by atoms with Crippen LogP contribution in [0.1, 0.15) is 11.1 Å². The lowest BCUT2D eigenvalue weighted by Gasteiger charge is -2.03. The molecule has 0 spiro atoms. The van der Waals surface area contributed by atoms with E-state index in [2.05, 4.69) is 0 Å². The molecule has 1 aromatic rings. The maximum absolute atomic E-state index is 13.2. The van der Waals surface area contributed by atoms with E-state index in [0.717, 1.165) is 0 Å². The summed E-state index contributed by atoms with van der Waals surface area (Å²) in [4.78, 5) is 0. The highest BCUT2D eigenvalue weighted by Crippen LogP contribution is 2.12. The zero-order valence-corrected chi connectivity index (χ0v) is 9.44. The molecule has 0 aliphatic carbocycles. The molecule has 0 aromatic heterocycles. The van der Waals surface area contributed by atoms with E-state index in [0.29, 0.717) is 5.56 Å². The summed E-state index contributed by atoms with van der Waals surface area (Å²) < 4.78 is 34.6. The molecule has 0 aliphatic heterocycles. The molecule has 0 saturated heterocycles. The number of primary sulfonamides is 1. The summed E-state index contributed by atoms with van der Waals surface area (Å²) in [5.74, 6) is -1.09. The van der Waals surface area contributed by atoms with Crippen LogP contribution in [0.3, 0.4) is 0 Å². The van der Waals surface area contributed by atoms with E-state index in [1.54, 1.807) is 6.07 Å². The molecule has 0 aliphatic rings. The fraction of sp³-hybridized carbons (Fsp3) is 0.250. The summed E-state index contributed by atoms with van der Waals surface area (Å²) in [6.07, 6.45) is 0. The number of nitrogens with two attached hydrogens (primary N) is 2. The SMILES string of the molecule is Cl.NCc1ccc(CS(N)(=O)=O)c(F)c1. The molecule has 4 N–H and O–H groups in total. The maximum Gasteiger partial charge on any atom is 0.213 e. The van der Waals surface area contributed by atoms with Gasteiger partial charge in [0.05, 0.1) is 5.75 Å². The largest absolute Gasteiger partial charge is 0.326 e. The molecular weight excluding hydrogens is 243 g/mol. The van der Waals surface area contributed by atoms with Gasteiger partial charge in [0.2, 0.25) is 10.0 Å². The first kappa shape index (κ1) is 14.3. The Bertz CT molecular complexity index is 436. The van der Waals surface area contributed by atoms with Gasteiger partial charge in [-0.2, -0.15) is 0 Å². The Morgan fingerprint density at radius 1 is 1.33 bits per heavy atom. The molecule has 4 nitrogen and oxygen atoms in total. The van der Waals surface area contributed by atoms with Crippen LogP contribution in [0.15, 0.2) is 18.2 Å². The smallest absolute Gasteiger partial charge is 0.213 e. The quantitative estimate of drug-likeness (QED) is 0.823. The van der Waals surface area contributed by atoms with Crippen molar-refractivity contribution in [1.82, 2.24) is 0 Å². The van der Waals surface area contributed by atoms with Crippen molar-refractivity contribution in [3.63, 3.8) is 0 Å². The van der Waals surface area contributed by atoms with Crippen LogP contribution in [0.4, 0.5) is 4.39 Å². The van der Waals surface area contributed by atoms with Crippen molar-refractivity contribution in [1.29, 1.82) is 0 Å². The van der Waals surface area contributed by atoms with Crippen molar-refractivity contribution in [2.75, 3.05) is 0 Å². The molecule has 0 saturated carbocycles. The summed E-state index contributed by atoms with van der Waals surface area (Å²) >= 11 is 0. The second-order valence-corrected chi connectivity index (χ2v) is 4.55. The van der Waals surface area contributed by atoms with Gasteiger partial charge in [0.25, 0.3) is 0 Å². The summed E-state index contributed by atoms with van der Waals surface area (Å²) in [5, 5.41) is 4.79. The van der Waals surface area contributed by atoms with E-state index in [9.17, 15) is 12.8 Å². The molecule has 15 heavy (non-hydrogen) atoms. The number of sulfonamides is 1. The molecule has 0 heterocycles. The minimum atomic E-state index is -3.69. The third-order valence-electron chi connectivity index (χ3n) is 1.71. The van der Waals surface area contributed by atoms with Gasteiger partial charge in [-0.05, 0) is 11.6 Å². The molecule has 7 heteroatoms. The maximum atomic E-state index is 13.2. The lowest BCUT2D eigenvalue weighted by Crippen LogP contribution is -2.15. The molecule has 0 atom stereocenters. The Morgan fingerprint density at radius 2 is 1.93 bits per heavy atom. The zero-order valence-electron chi connectivity index (χ0n) is 7.81. The van der Waals surface area contributed by atoms with E-state index in [1.807, 2.05) is 0 Å². The van der Waals surface area contributed by atoms with Gasteiger partial charge in [0, 0.05) is 12.1 Å². The fourth-order valence-corrected chi connectivity index (χ4v) is 1.72. The van der Waals surface area contributed by atoms with Crippen LogP contribution in [0.5, 0.6) is 0 Å². The fourth-order valence-electron chi connectivity index (χ4n) is 1.05. The van der Waals surface area contributed by atoms with Crippen molar-refractivity contribution < 1.29 is 12.8 Å². The van der Waals surface area contributed by atoms with Crippen molar-refractivity contribution in [2.45, 2.75) is 12.3 Å². The number of benzene rings is 1. The van der Waals surface area contributed by atoms with E-state index < -0.39 is 21.6 Å². The molecule has 1 aromatic carbocycles. The van der Waals surface area contributed by atoms with Gasteiger partial charge >= 0.3 is 0 Å². The molecule has 1 rings (SSSR count). The second kappa shape index (κ2) is 5.41. The highest BCUT2D eigenvalue weighted by atomic mass is 35.5. The van der Waals surface area contributed by atoms with Crippen LogP contribution in [-0.4, -0.2) is 8.42 Å². The third-order valence-corrected chi connectivity index (χ3v) is 2.42. The predicted molar refractivity (Wildman–Crippen MR) is 58.4 cm³/mol.